The summed E-state index contributed by atoms with van der Waals surface area (Å²) in [5.74, 6) is -0.970. The summed E-state index contributed by atoms with van der Waals surface area (Å²) in [7, 11) is 1.72. The van der Waals surface area contributed by atoms with E-state index in [0.717, 1.165) is 16.5 Å². The highest BCUT2D eigenvalue weighted by Gasteiger charge is 2.08. The molecule has 0 bridgehead atoms. The van der Waals surface area contributed by atoms with Crippen molar-refractivity contribution < 1.29 is 14.7 Å². The molecule has 0 unspecified atom stereocenters. The lowest BCUT2D eigenvalue weighted by Gasteiger charge is -2.16. The molecular formula is C12H16N2O3S. The molecule has 0 aliphatic carbocycles. The Kier molecular flexibility index (Phi) is 5.38. The van der Waals surface area contributed by atoms with Crippen LogP contribution in [0.2, 0.25) is 0 Å². The lowest BCUT2D eigenvalue weighted by atomic mass is 10.3. The average molecular weight is 268 g/mol. The van der Waals surface area contributed by atoms with E-state index in [4.69, 9.17) is 5.11 Å². The number of nitrogens with zero attached hydrogens (tertiary/aromatic N) is 1. The van der Waals surface area contributed by atoms with Crippen molar-refractivity contribution in [2.24, 2.45) is 0 Å². The number of carboxylic acid groups (broad SMARTS) is 1. The molecule has 0 aliphatic rings. The maximum atomic E-state index is 11.5. The molecule has 98 valence electrons. The zero-order chi connectivity index (χ0) is 13.5. The van der Waals surface area contributed by atoms with Crippen LogP contribution in [0.3, 0.4) is 0 Å². The van der Waals surface area contributed by atoms with Crippen LogP contribution in [0.15, 0.2) is 17.5 Å². The zero-order valence-electron chi connectivity index (χ0n) is 10.3. The van der Waals surface area contributed by atoms with Gasteiger partial charge in [0.15, 0.2) is 0 Å². The minimum atomic E-state index is -0.970. The highest BCUT2D eigenvalue weighted by molar-refractivity contribution is 7.10. The summed E-state index contributed by atoms with van der Waals surface area (Å²) in [6.45, 7) is 2.98. The lowest BCUT2D eigenvalue weighted by Crippen LogP contribution is -2.36. The minimum Gasteiger partial charge on any atom is -0.478 e. The Morgan fingerprint density at radius 3 is 2.89 bits per heavy atom. The van der Waals surface area contributed by atoms with Gasteiger partial charge in [-0.3, -0.25) is 0 Å². The number of carbonyl (C=O) groups excluding carboxylic acids is 1. The largest absolute Gasteiger partial charge is 0.478 e. The van der Waals surface area contributed by atoms with Gasteiger partial charge in [0, 0.05) is 24.5 Å². The van der Waals surface area contributed by atoms with E-state index in [9.17, 15) is 9.59 Å². The molecule has 0 radical (unpaired) electrons. The van der Waals surface area contributed by atoms with Gasteiger partial charge in [0.05, 0.1) is 6.54 Å². The number of carbonyl (C=O) groups is 2. The summed E-state index contributed by atoms with van der Waals surface area (Å²) in [6.07, 6.45) is 2.63. The maximum absolute atomic E-state index is 11.5. The van der Waals surface area contributed by atoms with Crippen LogP contribution in [0.5, 0.6) is 0 Å². The van der Waals surface area contributed by atoms with Crippen molar-refractivity contribution in [3.8, 4) is 0 Å². The van der Waals surface area contributed by atoms with Crippen LogP contribution < -0.4 is 5.32 Å². The van der Waals surface area contributed by atoms with Crippen LogP contribution in [-0.2, 0) is 11.3 Å². The lowest BCUT2D eigenvalue weighted by molar-refractivity contribution is -0.131. The third-order valence-corrected chi connectivity index (χ3v) is 3.10. The Morgan fingerprint density at radius 2 is 2.28 bits per heavy atom. The smallest absolute Gasteiger partial charge is 0.328 e. The first kappa shape index (κ1) is 14.2. The summed E-state index contributed by atoms with van der Waals surface area (Å²) < 4.78 is 0. The molecule has 0 aliphatic heterocycles. The molecule has 5 nitrogen and oxygen atoms in total. The molecule has 1 aromatic heterocycles. The van der Waals surface area contributed by atoms with Crippen molar-refractivity contribution in [3.05, 3.63) is 28.0 Å². The third kappa shape index (κ3) is 4.58. The number of nitrogens with one attached hydrogen (secondary N) is 1. The number of aliphatic carboxylic acids is 1. The predicted molar refractivity (Wildman–Crippen MR) is 71.5 cm³/mol. The predicted octanol–water partition coefficient (Wildman–Crippen LogP) is 2.01. The molecule has 2 N–H and O–H groups in total. The van der Waals surface area contributed by atoms with E-state index in [1.807, 2.05) is 18.4 Å². The van der Waals surface area contributed by atoms with Crippen molar-refractivity contribution in [1.29, 1.82) is 0 Å². The van der Waals surface area contributed by atoms with Gasteiger partial charge in [0.1, 0.15) is 0 Å². The van der Waals surface area contributed by atoms with Gasteiger partial charge in [-0.25, -0.2) is 9.59 Å². The number of amides is 2. The SMILES string of the molecule is CCNC(=O)N(C)Cc1cc(/C=C/C(=O)O)cs1. The van der Waals surface area contributed by atoms with Gasteiger partial charge >= 0.3 is 12.0 Å². The number of thiophene rings is 1. The molecule has 0 aromatic carbocycles. The highest BCUT2D eigenvalue weighted by Crippen LogP contribution is 2.17. The fourth-order valence-corrected chi connectivity index (χ4v) is 2.23. The quantitative estimate of drug-likeness (QED) is 0.802. The summed E-state index contributed by atoms with van der Waals surface area (Å²) >= 11 is 1.50. The van der Waals surface area contributed by atoms with Crippen molar-refractivity contribution in [2.45, 2.75) is 13.5 Å². The van der Waals surface area contributed by atoms with Gasteiger partial charge in [-0.15, -0.1) is 11.3 Å². The Morgan fingerprint density at radius 1 is 1.56 bits per heavy atom. The average Bonchev–Trinajstić information content (AvgIpc) is 2.74. The fourth-order valence-electron chi connectivity index (χ4n) is 1.33. The first-order chi connectivity index (χ1) is 8.52. The van der Waals surface area contributed by atoms with Crippen molar-refractivity contribution >= 4 is 29.4 Å². The molecule has 18 heavy (non-hydrogen) atoms. The second kappa shape index (κ2) is 6.80. The minimum absolute atomic E-state index is 0.117. The molecule has 0 atom stereocenters. The van der Waals surface area contributed by atoms with E-state index in [-0.39, 0.29) is 6.03 Å². The summed E-state index contributed by atoms with van der Waals surface area (Å²) in [4.78, 5) is 24.5. The number of urea groups is 1. The summed E-state index contributed by atoms with van der Waals surface area (Å²) in [5, 5.41) is 13.1. The van der Waals surface area contributed by atoms with Gasteiger partial charge in [0.25, 0.3) is 0 Å². The molecule has 6 heteroatoms. The monoisotopic (exact) mass is 268 g/mol. The number of rotatable bonds is 5. The van der Waals surface area contributed by atoms with Crippen LogP contribution in [0.25, 0.3) is 6.08 Å². The van der Waals surface area contributed by atoms with Crippen LogP contribution >= 0.6 is 11.3 Å². The molecule has 1 aromatic rings. The molecule has 0 fully saturated rings. The highest BCUT2D eigenvalue weighted by atomic mass is 32.1. The van der Waals surface area contributed by atoms with Crippen LogP contribution in [0.4, 0.5) is 4.79 Å². The first-order valence-corrected chi connectivity index (χ1v) is 6.38. The second-order valence-corrected chi connectivity index (χ2v) is 4.71. The number of hydrogen-bond acceptors (Lipinski definition) is 3. The van der Waals surface area contributed by atoms with E-state index in [2.05, 4.69) is 5.32 Å². The van der Waals surface area contributed by atoms with E-state index in [1.165, 1.54) is 17.4 Å². The molecule has 0 saturated carbocycles. The molecule has 0 spiro atoms. The molecule has 2 amide bonds. The van der Waals surface area contributed by atoms with Crippen LogP contribution in [0.1, 0.15) is 17.4 Å². The van der Waals surface area contributed by atoms with Gasteiger partial charge < -0.3 is 15.3 Å². The van der Waals surface area contributed by atoms with Crippen molar-refractivity contribution in [2.75, 3.05) is 13.6 Å². The fraction of sp³-hybridized carbons (Fsp3) is 0.333. The second-order valence-electron chi connectivity index (χ2n) is 3.71. The molecule has 0 saturated heterocycles. The Balaban J connectivity index is 2.58. The Bertz CT molecular complexity index is 454. The van der Waals surface area contributed by atoms with Crippen LogP contribution in [-0.4, -0.2) is 35.6 Å². The zero-order valence-corrected chi connectivity index (χ0v) is 11.2. The molecular weight excluding hydrogens is 252 g/mol. The number of hydrogen-bond donors (Lipinski definition) is 2. The molecule has 1 heterocycles. The van der Waals surface area contributed by atoms with Gasteiger partial charge in [0.2, 0.25) is 0 Å². The normalized spacial score (nSPS) is 10.6. The van der Waals surface area contributed by atoms with E-state index >= 15 is 0 Å². The Labute approximate surface area is 110 Å². The summed E-state index contributed by atoms with van der Waals surface area (Å²) in [6, 6.07) is 1.76. The van der Waals surface area contributed by atoms with Crippen molar-refractivity contribution in [3.63, 3.8) is 0 Å². The molecule has 1 rings (SSSR count). The van der Waals surface area contributed by atoms with Crippen LogP contribution in [0, 0.1) is 0 Å². The van der Waals surface area contributed by atoms with Gasteiger partial charge in [-0.05, 0) is 30.0 Å². The van der Waals surface area contributed by atoms with E-state index in [1.54, 1.807) is 11.9 Å². The Hall–Kier alpha value is -1.82. The number of carboxylic acids is 1. The van der Waals surface area contributed by atoms with E-state index < -0.39 is 5.97 Å². The van der Waals surface area contributed by atoms with E-state index in [0.29, 0.717) is 13.1 Å². The summed E-state index contributed by atoms with van der Waals surface area (Å²) in [5.41, 5.74) is 0.835. The standard InChI is InChI=1S/C12H16N2O3S/c1-3-13-12(17)14(2)7-10-6-9(8-18-10)4-5-11(15)16/h4-6,8H,3,7H2,1-2H3,(H,13,17)(H,15,16)/b5-4+. The van der Waals surface area contributed by atoms with Crippen molar-refractivity contribution in [1.82, 2.24) is 10.2 Å². The van der Waals surface area contributed by atoms with Gasteiger partial charge in [-0.1, -0.05) is 0 Å². The first-order valence-electron chi connectivity index (χ1n) is 5.50. The van der Waals surface area contributed by atoms with Gasteiger partial charge in [-0.2, -0.15) is 0 Å². The third-order valence-electron chi connectivity index (χ3n) is 2.16. The maximum Gasteiger partial charge on any atom is 0.328 e. The topological polar surface area (TPSA) is 69.6 Å².